The predicted octanol–water partition coefficient (Wildman–Crippen LogP) is 2.89. The molecule has 1 aromatic rings. The van der Waals surface area contributed by atoms with E-state index in [1.807, 2.05) is 19.1 Å². The van der Waals surface area contributed by atoms with Crippen LogP contribution in [0.15, 0.2) is 18.2 Å². The Hall–Kier alpha value is -1.68. The number of benzene rings is 1. The average molecular weight is 266 g/mol. The van der Waals surface area contributed by atoms with Crippen LogP contribution in [0, 0.1) is 0 Å². The number of rotatable bonds is 7. The van der Waals surface area contributed by atoms with Gasteiger partial charge in [-0.15, -0.1) is 0 Å². The zero-order valence-electron chi connectivity index (χ0n) is 12.0. The molecule has 0 saturated carbocycles. The molecule has 0 radical (unpaired) electrons. The first-order chi connectivity index (χ1) is 9.15. The molecule has 4 nitrogen and oxygen atoms in total. The Labute approximate surface area is 114 Å². The summed E-state index contributed by atoms with van der Waals surface area (Å²) in [4.78, 5) is 0. The molecule has 0 bridgehead atoms. The Morgan fingerprint density at radius 1 is 1.21 bits per heavy atom. The fourth-order valence-corrected chi connectivity index (χ4v) is 1.59. The van der Waals surface area contributed by atoms with Crippen molar-refractivity contribution in [3.8, 4) is 17.2 Å². The number of methoxy groups -OCH3 is 2. The summed E-state index contributed by atoms with van der Waals surface area (Å²) < 4.78 is 16.5. The molecule has 0 spiro atoms. The van der Waals surface area contributed by atoms with Gasteiger partial charge in [-0.3, -0.25) is 0 Å². The smallest absolute Gasteiger partial charge is 0.203 e. The zero-order chi connectivity index (χ0) is 14.3. The van der Waals surface area contributed by atoms with E-state index in [-0.39, 0.29) is 12.7 Å². The Morgan fingerprint density at radius 2 is 1.79 bits per heavy atom. The molecule has 1 N–H and O–H groups in total. The number of ether oxygens (including phenoxy) is 3. The summed E-state index contributed by atoms with van der Waals surface area (Å²) in [5.74, 6) is 1.86. The second-order valence-corrected chi connectivity index (χ2v) is 4.18. The molecule has 0 fully saturated rings. The summed E-state index contributed by atoms with van der Waals surface area (Å²) in [5, 5.41) is 8.81. The Bertz CT molecular complexity index is 401. The van der Waals surface area contributed by atoms with E-state index in [1.54, 1.807) is 26.4 Å². The zero-order valence-corrected chi connectivity index (χ0v) is 12.0. The van der Waals surface area contributed by atoms with E-state index in [1.165, 1.54) is 0 Å². The second-order valence-electron chi connectivity index (χ2n) is 4.18. The molecule has 0 aliphatic rings. The van der Waals surface area contributed by atoms with Crippen molar-refractivity contribution in [2.24, 2.45) is 0 Å². The minimum atomic E-state index is -0.00422. The first kappa shape index (κ1) is 15.4. The molecule has 1 aromatic carbocycles. The SMILES string of the molecule is CCC(C)Oc1c(OC)cc(/C=C/CO)cc1OC. The molecule has 0 heterocycles. The summed E-state index contributed by atoms with van der Waals surface area (Å²) in [6.07, 6.45) is 4.45. The number of hydrogen-bond donors (Lipinski definition) is 1. The third kappa shape index (κ3) is 4.17. The van der Waals surface area contributed by atoms with Crippen LogP contribution in [-0.4, -0.2) is 32.0 Å². The first-order valence-corrected chi connectivity index (χ1v) is 6.36. The predicted molar refractivity (Wildman–Crippen MR) is 76.0 cm³/mol. The molecule has 0 amide bonds. The van der Waals surface area contributed by atoms with Crippen molar-refractivity contribution in [3.63, 3.8) is 0 Å². The van der Waals surface area contributed by atoms with Gasteiger partial charge in [0.2, 0.25) is 5.75 Å². The largest absolute Gasteiger partial charge is 0.493 e. The lowest BCUT2D eigenvalue weighted by Crippen LogP contribution is -2.11. The maximum Gasteiger partial charge on any atom is 0.203 e. The fraction of sp³-hybridized carbons (Fsp3) is 0.467. The average Bonchev–Trinajstić information content (AvgIpc) is 2.45. The van der Waals surface area contributed by atoms with E-state index in [0.29, 0.717) is 17.2 Å². The van der Waals surface area contributed by atoms with Gasteiger partial charge in [0.05, 0.1) is 26.9 Å². The molecule has 0 aromatic heterocycles. The van der Waals surface area contributed by atoms with Crippen molar-refractivity contribution in [1.82, 2.24) is 0 Å². The van der Waals surface area contributed by atoms with Gasteiger partial charge in [0.15, 0.2) is 11.5 Å². The maximum atomic E-state index is 8.81. The monoisotopic (exact) mass is 266 g/mol. The number of aliphatic hydroxyl groups excluding tert-OH is 1. The van der Waals surface area contributed by atoms with Gasteiger partial charge in [0.1, 0.15) is 0 Å². The van der Waals surface area contributed by atoms with Gasteiger partial charge in [-0.25, -0.2) is 0 Å². The van der Waals surface area contributed by atoms with Crippen LogP contribution in [0.2, 0.25) is 0 Å². The van der Waals surface area contributed by atoms with Crippen LogP contribution in [-0.2, 0) is 0 Å². The lowest BCUT2D eigenvalue weighted by Gasteiger charge is -2.18. The van der Waals surface area contributed by atoms with Crippen molar-refractivity contribution in [1.29, 1.82) is 0 Å². The van der Waals surface area contributed by atoms with Gasteiger partial charge >= 0.3 is 0 Å². The molecular formula is C15H22O4. The molecule has 19 heavy (non-hydrogen) atoms. The molecule has 4 heteroatoms. The molecular weight excluding hydrogens is 244 g/mol. The Balaban J connectivity index is 3.17. The van der Waals surface area contributed by atoms with Crippen LogP contribution in [0.4, 0.5) is 0 Å². The highest BCUT2D eigenvalue weighted by Gasteiger charge is 2.15. The molecule has 1 rings (SSSR count). The van der Waals surface area contributed by atoms with Gasteiger partial charge in [0, 0.05) is 0 Å². The van der Waals surface area contributed by atoms with Crippen molar-refractivity contribution in [3.05, 3.63) is 23.8 Å². The van der Waals surface area contributed by atoms with Crippen LogP contribution in [0.25, 0.3) is 6.08 Å². The third-order valence-electron chi connectivity index (χ3n) is 2.79. The summed E-state index contributed by atoms with van der Waals surface area (Å²) >= 11 is 0. The van der Waals surface area contributed by atoms with E-state index in [4.69, 9.17) is 19.3 Å². The fourth-order valence-electron chi connectivity index (χ4n) is 1.59. The maximum absolute atomic E-state index is 8.81. The van der Waals surface area contributed by atoms with Crippen LogP contribution in [0.5, 0.6) is 17.2 Å². The van der Waals surface area contributed by atoms with Gasteiger partial charge < -0.3 is 19.3 Å². The van der Waals surface area contributed by atoms with Crippen LogP contribution >= 0.6 is 0 Å². The quantitative estimate of drug-likeness (QED) is 0.824. The highest BCUT2D eigenvalue weighted by molar-refractivity contribution is 5.62. The molecule has 0 aliphatic carbocycles. The van der Waals surface area contributed by atoms with Gasteiger partial charge in [-0.05, 0) is 31.0 Å². The van der Waals surface area contributed by atoms with Crippen LogP contribution < -0.4 is 14.2 Å². The van der Waals surface area contributed by atoms with Crippen molar-refractivity contribution < 1.29 is 19.3 Å². The Kier molecular flexibility index (Phi) is 6.22. The van der Waals surface area contributed by atoms with Gasteiger partial charge in [-0.1, -0.05) is 19.1 Å². The van der Waals surface area contributed by atoms with Gasteiger partial charge in [-0.2, -0.15) is 0 Å². The van der Waals surface area contributed by atoms with E-state index < -0.39 is 0 Å². The second kappa shape index (κ2) is 7.69. The lowest BCUT2D eigenvalue weighted by atomic mass is 10.1. The topological polar surface area (TPSA) is 47.9 Å². The minimum Gasteiger partial charge on any atom is -0.493 e. The lowest BCUT2D eigenvalue weighted by molar-refractivity contribution is 0.198. The van der Waals surface area contributed by atoms with E-state index in [2.05, 4.69) is 6.92 Å². The van der Waals surface area contributed by atoms with E-state index in [0.717, 1.165) is 12.0 Å². The minimum absolute atomic E-state index is 0.00422. The first-order valence-electron chi connectivity index (χ1n) is 6.36. The van der Waals surface area contributed by atoms with Crippen molar-refractivity contribution in [2.45, 2.75) is 26.4 Å². The van der Waals surface area contributed by atoms with Gasteiger partial charge in [0.25, 0.3) is 0 Å². The summed E-state index contributed by atoms with van der Waals surface area (Å²) in [6, 6.07) is 3.71. The highest BCUT2D eigenvalue weighted by atomic mass is 16.5. The third-order valence-corrected chi connectivity index (χ3v) is 2.79. The van der Waals surface area contributed by atoms with E-state index >= 15 is 0 Å². The molecule has 1 unspecified atom stereocenters. The molecule has 1 atom stereocenters. The number of aliphatic hydroxyl groups is 1. The Morgan fingerprint density at radius 3 is 2.21 bits per heavy atom. The normalized spacial score (nSPS) is 12.5. The molecule has 106 valence electrons. The summed E-state index contributed by atoms with van der Waals surface area (Å²) in [6.45, 7) is 4.05. The summed E-state index contributed by atoms with van der Waals surface area (Å²) in [7, 11) is 3.19. The van der Waals surface area contributed by atoms with E-state index in [9.17, 15) is 0 Å². The summed E-state index contributed by atoms with van der Waals surface area (Å²) in [5.41, 5.74) is 0.888. The molecule has 0 aliphatic heterocycles. The van der Waals surface area contributed by atoms with Crippen LogP contribution in [0.3, 0.4) is 0 Å². The molecule has 0 saturated heterocycles. The standard InChI is InChI=1S/C15H22O4/c1-5-11(2)19-15-13(17-3)9-12(7-6-8-16)10-14(15)18-4/h6-7,9-11,16H,5,8H2,1-4H3/b7-6+. The van der Waals surface area contributed by atoms with Crippen LogP contribution in [0.1, 0.15) is 25.8 Å². The van der Waals surface area contributed by atoms with Crippen molar-refractivity contribution in [2.75, 3.05) is 20.8 Å². The highest BCUT2D eigenvalue weighted by Crippen LogP contribution is 2.39. The van der Waals surface area contributed by atoms with Crippen molar-refractivity contribution >= 4 is 6.08 Å². The number of hydrogen-bond acceptors (Lipinski definition) is 4.